The quantitative estimate of drug-likeness (QED) is 0.771. The van der Waals surface area contributed by atoms with Crippen molar-refractivity contribution in [3.63, 3.8) is 0 Å². The number of hydrogen-bond acceptors (Lipinski definition) is 3. The van der Waals surface area contributed by atoms with Gasteiger partial charge in [-0.3, -0.25) is 9.13 Å². The maximum atomic E-state index is 5.81. The van der Waals surface area contributed by atoms with E-state index in [-0.39, 0.29) is 0 Å². The molecule has 100 valence electrons. The molecule has 0 bridgehead atoms. The van der Waals surface area contributed by atoms with Crippen LogP contribution in [0.5, 0.6) is 11.8 Å². The Morgan fingerprint density at radius 3 is 1.67 bits per heavy atom. The van der Waals surface area contributed by atoms with Gasteiger partial charge in [-0.25, -0.2) is 0 Å². The lowest BCUT2D eigenvalue weighted by molar-refractivity contribution is 0.269. The first-order chi connectivity index (χ1) is 8.52. The molecule has 5 heteroatoms. The highest BCUT2D eigenvalue weighted by Crippen LogP contribution is 2.45. The van der Waals surface area contributed by atoms with Crippen molar-refractivity contribution in [1.82, 2.24) is 9.13 Å². The van der Waals surface area contributed by atoms with Crippen LogP contribution >= 0.6 is 12.2 Å². The Hall–Kier alpha value is -0.970. The number of aromatic nitrogens is 2. The highest BCUT2D eigenvalue weighted by atomic mass is 32.1. The summed E-state index contributed by atoms with van der Waals surface area (Å²) in [6.07, 6.45) is 0. The highest BCUT2D eigenvalue weighted by molar-refractivity contribution is 7.71. The standard InChI is InChI=1S/C13H20N2O2S/c1-7(2)9-5-16-11-12-15(13(18)14(9)11)10(6-17-12)8(3)4/h7-10H,5-6H2,1-4H3/t9-,10-/m1/s1. The van der Waals surface area contributed by atoms with Crippen molar-refractivity contribution in [2.75, 3.05) is 13.2 Å². The Balaban J connectivity index is 2.13. The van der Waals surface area contributed by atoms with Gasteiger partial charge < -0.3 is 9.47 Å². The molecule has 1 aromatic heterocycles. The van der Waals surface area contributed by atoms with Gasteiger partial charge in [0.1, 0.15) is 13.2 Å². The molecule has 0 saturated carbocycles. The largest absolute Gasteiger partial charge is 0.473 e. The van der Waals surface area contributed by atoms with Gasteiger partial charge in [-0.2, -0.15) is 0 Å². The molecule has 0 amide bonds. The summed E-state index contributed by atoms with van der Waals surface area (Å²) < 4.78 is 16.8. The van der Waals surface area contributed by atoms with E-state index in [4.69, 9.17) is 21.7 Å². The van der Waals surface area contributed by atoms with Gasteiger partial charge in [-0.15, -0.1) is 0 Å². The Labute approximate surface area is 113 Å². The van der Waals surface area contributed by atoms with E-state index in [1.54, 1.807) is 0 Å². The molecule has 0 fully saturated rings. The van der Waals surface area contributed by atoms with Crippen LogP contribution in [-0.4, -0.2) is 22.3 Å². The summed E-state index contributed by atoms with van der Waals surface area (Å²) in [4.78, 5) is 0. The molecule has 0 aliphatic carbocycles. The molecule has 0 spiro atoms. The molecular weight excluding hydrogens is 248 g/mol. The molecule has 3 rings (SSSR count). The molecule has 2 aliphatic heterocycles. The van der Waals surface area contributed by atoms with E-state index in [0.717, 1.165) is 16.5 Å². The number of ether oxygens (including phenoxy) is 2. The minimum Gasteiger partial charge on any atom is -0.473 e. The topological polar surface area (TPSA) is 28.3 Å². The summed E-state index contributed by atoms with van der Waals surface area (Å²) in [5, 5.41) is 0. The van der Waals surface area contributed by atoms with Crippen molar-refractivity contribution in [2.45, 2.75) is 39.8 Å². The van der Waals surface area contributed by atoms with Crippen LogP contribution < -0.4 is 9.47 Å². The molecular formula is C13H20N2O2S. The van der Waals surface area contributed by atoms with Gasteiger partial charge in [0, 0.05) is 0 Å². The van der Waals surface area contributed by atoms with Gasteiger partial charge in [0.2, 0.25) is 0 Å². The van der Waals surface area contributed by atoms with E-state index < -0.39 is 0 Å². The van der Waals surface area contributed by atoms with E-state index >= 15 is 0 Å². The second kappa shape index (κ2) is 4.02. The zero-order chi connectivity index (χ0) is 13.0. The van der Waals surface area contributed by atoms with Gasteiger partial charge in [0.15, 0.2) is 4.77 Å². The Morgan fingerprint density at radius 2 is 1.33 bits per heavy atom. The molecule has 2 atom stereocenters. The minimum atomic E-state index is 0.335. The van der Waals surface area contributed by atoms with Crippen molar-refractivity contribution in [3.05, 3.63) is 4.77 Å². The lowest BCUT2D eigenvalue weighted by Crippen LogP contribution is -2.19. The fourth-order valence-electron chi connectivity index (χ4n) is 2.80. The summed E-state index contributed by atoms with van der Waals surface area (Å²) in [7, 11) is 0. The number of hydrogen-bond donors (Lipinski definition) is 0. The van der Waals surface area contributed by atoms with E-state index in [0.29, 0.717) is 37.1 Å². The number of rotatable bonds is 2. The molecule has 0 unspecified atom stereocenters. The third-order valence-corrected chi connectivity index (χ3v) is 4.41. The molecule has 0 aromatic carbocycles. The molecule has 0 radical (unpaired) electrons. The van der Waals surface area contributed by atoms with Crippen LogP contribution in [0.25, 0.3) is 0 Å². The molecule has 0 N–H and O–H groups in total. The fraction of sp³-hybridized carbons (Fsp3) is 0.769. The third-order valence-electron chi connectivity index (χ3n) is 4.02. The van der Waals surface area contributed by atoms with E-state index in [1.807, 2.05) is 0 Å². The summed E-state index contributed by atoms with van der Waals surface area (Å²) in [5.74, 6) is 2.70. The molecule has 18 heavy (non-hydrogen) atoms. The van der Waals surface area contributed by atoms with Gasteiger partial charge >= 0.3 is 0 Å². The normalized spacial score (nSPS) is 25.2. The second-order valence-electron chi connectivity index (χ2n) is 5.88. The number of imidazole rings is 1. The number of fused-ring (bicyclic) bond motifs is 3. The van der Waals surface area contributed by atoms with Crippen molar-refractivity contribution in [2.24, 2.45) is 11.8 Å². The first-order valence-corrected chi connectivity index (χ1v) is 7.05. The first kappa shape index (κ1) is 12.1. The van der Waals surface area contributed by atoms with Gasteiger partial charge in [-0.1, -0.05) is 27.7 Å². The molecule has 0 saturated heterocycles. The predicted molar refractivity (Wildman–Crippen MR) is 72.0 cm³/mol. The van der Waals surface area contributed by atoms with Crippen molar-refractivity contribution in [1.29, 1.82) is 0 Å². The van der Waals surface area contributed by atoms with Crippen LogP contribution in [0.3, 0.4) is 0 Å². The van der Waals surface area contributed by atoms with E-state index in [1.165, 1.54) is 0 Å². The first-order valence-electron chi connectivity index (χ1n) is 6.64. The third kappa shape index (κ3) is 1.46. The molecule has 3 heterocycles. The van der Waals surface area contributed by atoms with E-state index in [2.05, 4.69) is 36.8 Å². The zero-order valence-corrected chi connectivity index (χ0v) is 12.2. The van der Waals surface area contributed by atoms with Crippen LogP contribution in [-0.2, 0) is 0 Å². The SMILES string of the molecule is CC(C)[C@H]1COc2c3n(c(=S)n21)[C@@H](C(C)C)CO3. The van der Waals surface area contributed by atoms with E-state index in [9.17, 15) is 0 Å². The number of nitrogens with zero attached hydrogens (tertiary/aromatic N) is 2. The lowest BCUT2D eigenvalue weighted by Gasteiger charge is -2.17. The zero-order valence-electron chi connectivity index (χ0n) is 11.3. The van der Waals surface area contributed by atoms with Crippen molar-refractivity contribution >= 4 is 12.2 Å². The van der Waals surface area contributed by atoms with Crippen molar-refractivity contribution in [3.8, 4) is 11.8 Å². The van der Waals surface area contributed by atoms with Crippen LogP contribution in [0.4, 0.5) is 0 Å². The van der Waals surface area contributed by atoms with Gasteiger partial charge in [0.25, 0.3) is 11.8 Å². The predicted octanol–water partition coefficient (Wildman–Crippen LogP) is 3.20. The van der Waals surface area contributed by atoms with Gasteiger partial charge in [0.05, 0.1) is 12.1 Å². The minimum absolute atomic E-state index is 0.335. The average molecular weight is 268 g/mol. The molecule has 4 nitrogen and oxygen atoms in total. The average Bonchev–Trinajstić information content (AvgIpc) is 2.94. The van der Waals surface area contributed by atoms with Gasteiger partial charge in [-0.05, 0) is 24.1 Å². The van der Waals surface area contributed by atoms with Crippen LogP contribution in [0, 0.1) is 16.6 Å². The maximum absolute atomic E-state index is 5.81. The fourth-order valence-corrected chi connectivity index (χ4v) is 3.24. The Kier molecular flexibility index (Phi) is 2.70. The summed E-state index contributed by atoms with van der Waals surface area (Å²) in [6.45, 7) is 10.2. The Bertz CT molecular complexity index is 485. The molecule has 2 aliphatic rings. The van der Waals surface area contributed by atoms with Crippen LogP contribution in [0.2, 0.25) is 0 Å². The lowest BCUT2D eigenvalue weighted by atomic mass is 10.1. The van der Waals surface area contributed by atoms with Crippen LogP contribution in [0.15, 0.2) is 0 Å². The maximum Gasteiger partial charge on any atom is 0.259 e. The van der Waals surface area contributed by atoms with Crippen LogP contribution in [0.1, 0.15) is 39.8 Å². The van der Waals surface area contributed by atoms with Crippen molar-refractivity contribution < 1.29 is 9.47 Å². The smallest absolute Gasteiger partial charge is 0.259 e. The summed E-state index contributed by atoms with van der Waals surface area (Å²) in [5.41, 5.74) is 0. The second-order valence-corrected chi connectivity index (χ2v) is 6.24. The molecule has 1 aromatic rings. The Morgan fingerprint density at radius 1 is 0.944 bits per heavy atom. The highest BCUT2D eigenvalue weighted by Gasteiger charge is 2.39. The summed E-state index contributed by atoms with van der Waals surface area (Å²) >= 11 is 5.64. The summed E-state index contributed by atoms with van der Waals surface area (Å²) in [6, 6.07) is 0.670. The monoisotopic (exact) mass is 268 g/mol.